The van der Waals surface area contributed by atoms with Gasteiger partial charge in [-0.05, 0) is 18.2 Å². The highest BCUT2D eigenvalue weighted by Crippen LogP contribution is 2.29. The van der Waals surface area contributed by atoms with E-state index in [-0.39, 0.29) is 11.9 Å². The fourth-order valence-electron chi connectivity index (χ4n) is 2.03. The van der Waals surface area contributed by atoms with Crippen LogP contribution in [0.4, 0.5) is 4.39 Å². The Bertz CT molecular complexity index is 467. The Morgan fingerprint density at radius 3 is 3.11 bits per heavy atom. The highest BCUT2D eigenvalue weighted by atomic mass is 79.9. The Balaban J connectivity index is 2.24. The Morgan fingerprint density at radius 1 is 1.61 bits per heavy atom. The van der Waals surface area contributed by atoms with E-state index in [1.807, 2.05) is 4.90 Å². The summed E-state index contributed by atoms with van der Waals surface area (Å²) in [5.41, 5.74) is 6.42. The van der Waals surface area contributed by atoms with Crippen molar-refractivity contribution in [3.63, 3.8) is 0 Å². The van der Waals surface area contributed by atoms with E-state index < -0.39 is 0 Å². The molecular weight excluding hydrogens is 301 g/mol. The number of hydrogen-bond donors (Lipinski definition) is 1. The summed E-state index contributed by atoms with van der Waals surface area (Å²) >= 11 is 3.35. The maximum Gasteiger partial charge on any atom is 0.192 e. The molecule has 18 heavy (non-hydrogen) atoms. The minimum atomic E-state index is -0.240. The van der Waals surface area contributed by atoms with Crippen LogP contribution in [0.2, 0.25) is 0 Å². The van der Waals surface area contributed by atoms with E-state index in [4.69, 9.17) is 10.5 Å². The van der Waals surface area contributed by atoms with Crippen LogP contribution in [0.1, 0.15) is 11.6 Å². The molecule has 0 saturated carbocycles. The molecule has 98 valence electrons. The van der Waals surface area contributed by atoms with Gasteiger partial charge in [-0.3, -0.25) is 4.99 Å². The van der Waals surface area contributed by atoms with Crippen LogP contribution >= 0.6 is 15.9 Å². The lowest BCUT2D eigenvalue weighted by atomic mass is 10.1. The van der Waals surface area contributed by atoms with Crippen LogP contribution in [0.5, 0.6) is 0 Å². The fraction of sp³-hybridized carbons (Fsp3) is 0.417. The lowest BCUT2D eigenvalue weighted by Crippen LogP contribution is -2.38. The molecule has 0 saturated heterocycles. The van der Waals surface area contributed by atoms with E-state index in [1.165, 1.54) is 6.07 Å². The number of guanidine groups is 1. The third kappa shape index (κ3) is 2.64. The molecule has 0 aliphatic carbocycles. The van der Waals surface area contributed by atoms with E-state index >= 15 is 0 Å². The summed E-state index contributed by atoms with van der Waals surface area (Å²) < 4.78 is 19.8. The second-order valence-electron chi connectivity index (χ2n) is 4.07. The van der Waals surface area contributed by atoms with Gasteiger partial charge in [0.05, 0.1) is 19.2 Å². The third-order valence-corrected chi connectivity index (χ3v) is 3.44. The standard InChI is InChI=1S/C12H15BrFN3O/c1-18-5-4-17-11(7-16-12(17)15)9-6-8(13)2-3-10(9)14/h2-3,6,11H,4-5,7H2,1H3,(H2,15,16). The summed E-state index contributed by atoms with van der Waals surface area (Å²) in [4.78, 5) is 6.05. The average molecular weight is 316 g/mol. The summed E-state index contributed by atoms with van der Waals surface area (Å²) in [6.45, 7) is 1.60. The molecule has 1 atom stereocenters. The van der Waals surface area contributed by atoms with Gasteiger partial charge in [0.1, 0.15) is 5.82 Å². The quantitative estimate of drug-likeness (QED) is 0.923. The molecule has 4 nitrogen and oxygen atoms in total. The van der Waals surface area contributed by atoms with Crippen molar-refractivity contribution < 1.29 is 9.13 Å². The Hall–Kier alpha value is -1.14. The van der Waals surface area contributed by atoms with E-state index in [0.29, 0.717) is 31.2 Å². The normalized spacial score (nSPS) is 19.2. The number of benzene rings is 1. The zero-order valence-electron chi connectivity index (χ0n) is 10.1. The fourth-order valence-corrected chi connectivity index (χ4v) is 2.40. The number of nitrogens with two attached hydrogens (primary N) is 1. The van der Waals surface area contributed by atoms with Crippen LogP contribution < -0.4 is 5.73 Å². The van der Waals surface area contributed by atoms with Gasteiger partial charge in [-0.2, -0.15) is 0 Å². The second-order valence-corrected chi connectivity index (χ2v) is 4.98. The van der Waals surface area contributed by atoms with Crippen LogP contribution in [0, 0.1) is 5.82 Å². The van der Waals surface area contributed by atoms with Crippen molar-refractivity contribution in [2.24, 2.45) is 10.7 Å². The maximum atomic E-state index is 13.9. The first-order valence-corrected chi connectivity index (χ1v) is 6.43. The molecule has 0 radical (unpaired) electrons. The lowest BCUT2D eigenvalue weighted by molar-refractivity contribution is 0.166. The SMILES string of the molecule is COCCN1C(N)=NCC1c1cc(Br)ccc1F. The molecule has 0 bridgehead atoms. The third-order valence-electron chi connectivity index (χ3n) is 2.95. The van der Waals surface area contributed by atoms with Gasteiger partial charge in [0.2, 0.25) is 0 Å². The smallest absolute Gasteiger partial charge is 0.192 e. The van der Waals surface area contributed by atoms with Crippen molar-refractivity contribution in [3.8, 4) is 0 Å². The summed E-state index contributed by atoms with van der Waals surface area (Å²) in [5.74, 6) is 0.201. The molecule has 0 amide bonds. The van der Waals surface area contributed by atoms with Crippen molar-refractivity contribution in [3.05, 3.63) is 34.1 Å². The molecular formula is C12H15BrFN3O. The number of hydrogen-bond acceptors (Lipinski definition) is 4. The van der Waals surface area contributed by atoms with E-state index in [2.05, 4.69) is 20.9 Å². The van der Waals surface area contributed by atoms with Gasteiger partial charge in [0.25, 0.3) is 0 Å². The molecule has 6 heteroatoms. The molecule has 1 aromatic carbocycles. The topological polar surface area (TPSA) is 50.9 Å². The van der Waals surface area contributed by atoms with E-state index in [9.17, 15) is 4.39 Å². The lowest BCUT2D eigenvalue weighted by Gasteiger charge is -2.26. The Morgan fingerprint density at radius 2 is 2.39 bits per heavy atom. The molecule has 1 unspecified atom stereocenters. The monoisotopic (exact) mass is 315 g/mol. The maximum absolute atomic E-state index is 13.9. The van der Waals surface area contributed by atoms with Gasteiger partial charge < -0.3 is 15.4 Å². The molecule has 1 aliphatic heterocycles. The second kappa shape index (κ2) is 5.67. The molecule has 2 N–H and O–H groups in total. The zero-order valence-corrected chi connectivity index (χ0v) is 11.7. The van der Waals surface area contributed by atoms with Crippen molar-refractivity contribution in [2.75, 3.05) is 26.8 Å². The summed E-state index contributed by atoms with van der Waals surface area (Å²) in [5, 5.41) is 0. The number of nitrogens with zero attached hydrogens (tertiary/aromatic N) is 2. The van der Waals surface area contributed by atoms with Gasteiger partial charge in [-0.25, -0.2) is 4.39 Å². The minimum Gasteiger partial charge on any atom is -0.383 e. The van der Waals surface area contributed by atoms with Gasteiger partial charge in [0, 0.05) is 23.7 Å². The van der Waals surface area contributed by atoms with Crippen molar-refractivity contribution >= 4 is 21.9 Å². The van der Waals surface area contributed by atoms with Gasteiger partial charge >= 0.3 is 0 Å². The van der Waals surface area contributed by atoms with Crippen LogP contribution in [-0.2, 0) is 4.74 Å². The molecule has 0 aromatic heterocycles. The van der Waals surface area contributed by atoms with Crippen molar-refractivity contribution in [1.82, 2.24) is 4.90 Å². The van der Waals surface area contributed by atoms with Gasteiger partial charge in [-0.15, -0.1) is 0 Å². The van der Waals surface area contributed by atoms with Crippen LogP contribution in [0.3, 0.4) is 0 Å². The molecule has 1 aromatic rings. The van der Waals surface area contributed by atoms with Gasteiger partial charge in [0.15, 0.2) is 5.96 Å². The first-order valence-electron chi connectivity index (χ1n) is 5.64. The van der Waals surface area contributed by atoms with E-state index in [1.54, 1.807) is 19.2 Å². The van der Waals surface area contributed by atoms with Crippen LogP contribution in [0.25, 0.3) is 0 Å². The van der Waals surface area contributed by atoms with Crippen molar-refractivity contribution in [2.45, 2.75) is 6.04 Å². The molecule has 0 spiro atoms. The van der Waals surface area contributed by atoms with Gasteiger partial charge in [-0.1, -0.05) is 15.9 Å². The first kappa shape index (κ1) is 13.3. The zero-order chi connectivity index (χ0) is 13.1. The number of rotatable bonds is 4. The highest BCUT2D eigenvalue weighted by Gasteiger charge is 2.29. The average Bonchev–Trinajstić information content (AvgIpc) is 2.71. The van der Waals surface area contributed by atoms with E-state index in [0.717, 1.165) is 4.47 Å². The van der Waals surface area contributed by atoms with Crippen molar-refractivity contribution in [1.29, 1.82) is 0 Å². The molecule has 2 rings (SSSR count). The molecule has 0 fully saturated rings. The Labute approximate surface area is 114 Å². The highest BCUT2D eigenvalue weighted by molar-refractivity contribution is 9.10. The number of methoxy groups -OCH3 is 1. The summed E-state index contributed by atoms with van der Waals surface area (Å²) in [6, 6.07) is 4.74. The molecule has 1 heterocycles. The predicted octanol–water partition coefficient (Wildman–Crippen LogP) is 1.91. The predicted molar refractivity (Wildman–Crippen MR) is 71.9 cm³/mol. The minimum absolute atomic E-state index is 0.155. The summed E-state index contributed by atoms with van der Waals surface area (Å²) in [6.07, 6.45) is 0. The summed E-state index contributed by atoms with van der Waals surface area (Å²) in [7, 11) is 1.62. The Kier molecular flexibility index (Phi) is 4.19. The number of ether oxygens (including phenoxy) is 1. The number of halogens is 2. The largest absolute Gasteiger partial charge is 0.383 e. The number of aliphatic imine (C=N–C) groups is 1. The molecule has 1 aliphatic rings. The van der Waals surface area contributed by atoms with Crippen LogP contribution in [0.15, 0.2) is 27.7 Å². The first-order chi connectivity index (χ1) is 8.63. The van der Waals surface area contributed by atoms with Crippen LogP contribution in [-0.4, -0.2) is 37.7 Å².